The van der Waals surface area contributed by atoms with Crippen molar-refractivity contribution in [1.29, 1.82) is 0 Å². The lowest BCUT2D eigenvalue weighted by Crippen LogP contribution is -1.91. The quantitative estimate of drug-likeness (QED) is 0.764. The Hall–Kier alpha value is -2.36. The fraction of sp³-hybridized carbons (Fsp3) is 0.143. The van der Waals surface area contributed by atoms with Gasteiger partial charge in [-0.1, -0.05) is 12.1 Å². The van der Waals surface area contributed by atoms with Gasteiger partial charge in [0.25, 0.3) is 0 Å². The third-order valence-corrected chi connectivity index (χ3v) is 2.70. The Bertz CT molecular complexity index is 642. The molecule has 0 fully saturated rings. The Kier molecular flexibility index (Phi) is 2.68. The van der Waals surface area contributed by atoms with Crippen LogP contribution in [0, 0.1) is 0 Å². The molecule has 0 bridgehead atoms. The molecule has 0 aliphatic carbocycles. The van der Waals surface area contributed by atoms with E-state index in [4.69, 9.17) is 4.74 Å². The summed E-state index contributed by atoms with van der Waals surface area (Å²) in [6.45, 7) is 2.63. The zero-order chi connectivity index (χ0) is 12.4. The highest BCUT2D eigenvalue weighted by Gasteiger charge is 2.05. The van der Waals surface area contributed by atoms with Gasteiger partial charge in [0, 0.05) is 11.8 Å². The van der Waals surface area contributed by atoms with Crippen molar-refractivity contribution in [3.63, 3.8) is 0 Å². The molecule has 18 heavy (non-hydrogen) atoms. The number of hydrogen-bond donors (Lipinski definition) is 1. The summed E-state index contributed by atoms with van der Waals surface area (Å²) in [6, 6.07) is 9.78. The van der Waals surface area contributed by atoms with E-state index < -0.39 is 0 Å². The minimum Gasteiger partial charge on any atom is -0.494 e. The van der Waals surface area contributed by atoms with Crippen molar-refractivity contribution in [2.75, 3.05) is 6.61 Å². The summed E-state index contributed by atoms with van der Waals surface area (Å²) < 4.78 is 5.49. The van der Waals surface area contributed by atoms with E-state index in [9.17, 15) is 0 Å². The maximum Gasteiger partial charge on any atom is 0.138 e. The molecule has 1 N–H and O–H groups in total. The van der Waals surface area contributed by atoms with Crippen LogP contribution in [0.3, 0.4) is 0 Å². The van der Waals surface area contributed by atoms with Gasteiger partial charge >= 0.3 is 0 Å². The highest BCUT2D eigenvalue weighted by Crippen LogP contribution is 2.23. The number of aromatic nitrogens is 3. The summed E-state index contributed by atoms with van der Waals surface area (Å²) in [6.07, 6.45) is 3.52. The molecule has 0 radical (unpaired) electrons. The number of fused-ring (bicyclic) bond motifs is 1. The monoisotopic (exact) mass is 239 g/mol. The second-order valence-corrected chi connectivity index (χ2v) is 3.94. The molecule has 3 aromatic rings. The van der Waals surface area contributed by atoms with Crippen molar-refractivity contribution in [2.45, 2.75) is 6.92 Å². The Morgan fingerprint density at radius 1 is 1.28 bits per heavy atom. The number of nitrogens with zero attached hydrogens (tertiary/aromatic N) is 2. The SMILES string of the molecule is CCOc1cccc(-c2nc3ccncc3[nH]2)c1. The number of H-pyrrole nitrogens is 1. The first-order valence-electron chi connectivity index (χ1n) is 5.90. The Balaban J connectivity index is 2.05. The van der Waals surface area contributed by atoms with Crippen LogP contribution in [0.1, 0.15) is 6.92 Å². The van der Waals surface area contributed by atoms with Gasteiger partial charge in [-0.05, 0) is 25.1 Å². The number of pyridine rings is 1. The van der Waals surface area contributed by atoms with Gasteiger partial charge in [0.2, 0.25) is 0 Å². The second-order valence-electron chi connectivity index (χ2n) is 3.94. The maximum absolute atomic E-state index is 5.49. The van der Waals surface area contributed by atoms with E-state index in [0.29, 0.717) is 6.61 Å². The molecule has 0 amide bonds. The lowest BCUT2D eigenvalue weighted by Gasteiger charge is -2.03. The van der Waals surface area contributed by atoms with E-state index in [2.05, 4.69) is 15.0 Å². The molecule has 0 spiro atoms. The smallest absolute Gasteiger partial charge is 0.138 e. The summed E-state index contributed by atoms with van der Waals surface area (Å²) >= 11 is 0. The van der Waals surface area contributed by atoms with E-state index in [1.807, 2.05) is 37.3 Å². The molecule has 90 valence electrons. The maximum atomic E-state index is 5.49. The first-order chi connectivity index (χ1) is 8.86. The minimum absolute atomic E-state index is 0.660. The molecule has 3 rings (SSSR count). The van der Waals surface area contributed by atoms with Gasteiger partial charge in [0.05, 0.1) is 23.8 Å². The van der Waals surface area contributed by atoms with Gasteiger partial charge in [0.15, 0.2) is 0 Å². The van der Waals surface area contributed by atoms with Crippen molar-refractivity contribution < 1.29 is 4.74 Å². The zero-order valence-corrected chi connectivity index (χ0v) is 10.1. The third-order valence-electron chi connectivity index (χ3n) is 2.70. The first-order valence-corrected chi connectivity index (χ1v) is 5.90. The van der Waals surface area contributed by atoms with Crippen LogP contribution in [0.2, 0.25) is 0 Å². The summed E-state index contributed by atoms with van der Waals surface area (Å²) in [5, 5.41) is 0. The van der Waals surface area contributed by atoms with Gasteiger partial charge in [0.1, 0.15) is 11.6 Å². The predicted molar refractivity (Wildman–Crippen MR) is 70.5 cm³/mol. The molecular formula is C14H13N3O. The average molecular weight is 239 g/mol. The second kappa shape index (κ2) is 4.49. The largest absolute Gasteiger partial charge is 0.494 e. The highest BCUT2D eigenvalue weighted by molar-refractivity contribution is 5.78. The third kappa shape index (κ3) is 1.93. The molecule has 0 unspecified atom stereocenters. The van der Waals surface area contributed by atoms with E-state index in [-0.39, 0.29) is 0 Å². The van der Waals surface area contributed by atoms with Crippen LogP contribution in [-0.4, -0.2) is 21.6 Å². The molecule has 0 aliphatic heterocycles. The van der Waals surface area contributed by atoms with E-state index in [1.165, 1.54) is 0 Å². The van der Waals surface area contributed by atoms with Gasteiger partial charge < -0.3 is 9.72 Å². The minimum atomic E-state index is 0.660. The predicted octanol–water partition coefficient (Wildman–Crippen LogP) is 3.02. The topological polar surface area (TPSA) is 50.8 Å². The molecule has 0 aliphatic rings. The van der Waals surface area contributed by atoms with Crippen LogP contribution in [0.25, 0.3) is 22.4 Å². The Labute approximate surface area is 105 Å². The van der Waals surface area contributed by atoms with Crippen LogP contribution in [0.15, 0.2) is 42.7 Å². The summed E-state index contributed by atoms with van der Waals surface area (Å²) in [4.78, 5) is 11.9. The molecule has 1 aromatic carbocycles. The molecule has 0 atom stereocenters. The zero-order valence-electron chi connectivity index (χ0n) is 10.1. The van der Waals surface area contributed by atoms with Crippen LogP contribution in [0.5, 0.6) is 5.75 Å². The molecule has 4 heteroatoms. The van der Waals surface area contributed by atoms with E-state index in [1.54, 1.807) is 12.4 Å². The van der Waals surface area contributed by atoms with Crippen molar-refractivity contribution in [3.8, 4) is 17.1 Å². The molecular weight excluding hydrogens is 226 g/mol. The fourth-order valence-corrected chi connectivity index (χ4v) is 1.89. The normalized spacial score (nSPS) is 10.7. The highest BCUT2D eigenvalue weighted by atomic mass is 16.5. The number of nitrogens with one attached hydrogen (secondary N) is 1. The standard InChI is InChI=1S/C14H13N3O/c1-2-18-11-5-3-4-10(8-11)14-16-12-6-7-15-9-13(12)17-14/h3-9H,2H2,1H3,(H,16,17). The molecule has 0 saturated heterocycles. The molecule has 4 nitrogen and oxygen atoms in total. The number of imidazole rings is 1. The Morgan fingerprint density at radius 3 is 3.06 bits per heavy atom. The number of ether oxygens (including phenoxy) is 1. The van der Waals surface area contributed by atoms with Gasteiger partial charge in [-0.25, -0.2) is 4.98 Å². The van der Waals surface area contributed by atoms with Crippen LogP contribution in [-0.2, 0) is 0 Å². The van der Waals surface area contributed by atoms with Crippen molar-refractivity contribution in [1.82, 2.24) is 15.0 Å². The summed E-state index contributed by atoms with van der Waals surface area (Å²) in [5.41, 5.74) is 2.87. The lowest BCUT2D eigenvalue weighted by molar-refractivity contribution is 0.340. The van der Waals surface area contributed by atoms with Crippen LogP contribution in [0.4, 0.5) is 0 Å². The molecule has 2 heterocycles. The van der Waals surface area contributed by atoms with Crippen molar-refractivity contribution >= 4 is 11.0 Å². The summed E-state index contributed by atoms with van der Waals surface area (Å²) in [7, 11) is 0. The van der Waals surface area contributed by atoms with Gasteiger partial charge in [-0.3, -0.25) is 4.98 Å². The van der Waals surface area contributed by atoms with Gasteiger partial charge in [-0.2, -0.15) is 0 Å². The average Bonchev–Trinajstić information content (AvgIpc) is 2.83. The fourth-order valence-electron chi connectivity index (χ4n) is 1.89. The lowest BCUT2D eigenvalue weighted by atomic mass is 10.2. The summed E-state index contributed by atoms with van der Waals surface area (Å²) in [5.74, 6) is 1.69. The first kappa shape index (κ1) is 10.8. The number of hydrogen-bond acceptors (Lipinski definition) is 3. The van der Waals surface area contributed by atoms with E-state index in [0.717, 1.165) is 28.2 Å². The van der Waals surface area contributed by atoms with Crippen LogP contribution >= 0.6 is 0 Å². The van der Waals surface area contributed by atoms with Gasteiger partial charge in [-0.15, -0.1) is 0 Å². The van der Waals surface area contributed by atoms with Crippen LogP contribution < -0.4 is 4.74 Å². The van der Waals surface area contributed by atoms with E-state index >= 15 is 0 Å². The Morgan fingerprint density at radius 2 is 2.22 bits per heavy atom. The molecule has 2 aromatic heterocycles. The number of aromatic amines is 1. The van der Waals surface area contributed by atoms with Crippen molar-refractivity contribution in [3.05, 3.63) is 42.7 Å². The molecule has 0 saturated carbocycles. The number of rotatable bonds is 3. The number of benzene rings is 1. The van der Waals surface area contributed by atoms with Crippen molar-refractivity contribution in [2.24, 2.45) is 0 Å².